The van der Waals surface area contributed by atoms with Gasteiger partial charge in [0, 0.05) is 12.2 Å². The van der Waals surface area contributed by atoms with E-state index in [4.69, 9.17) is 26.2 Å². The van der Waals surface area contributed by atoms with Crippen LogP contribution in [0.4, 0.5) is 20.6 Å². The molecule has 37 heavy (non-hydrogen) atoms. The predicted octanol–water partition coefficient (Wildman–Crippen LogP) is 3.37. The number of rotatable bonds is 7. The molecule has 0 fully saturated rings. The highest BCUT2D eigenvalue weighted by Crippen LogP contribution is 2.39. The first-order valence-electron chi connectivity index (χ1n) is 11.0. The molecule has 1 atom stereocenters. The first kappa shape index (κ1) is 28.0. The minimum atomic E-state index is -4.40. The number of ether oxygens (including phenoxy) is 2. The van der Waals surface area contributed by atoms with Gasteiger partial charge in [-0.25, -0.2) is 17.6 Å². The monoisotopic (exact) mass is 557 g/mol. The standard InChI is InChI=1S/C23H25ClFN3O8S/c1-23(2,3)36-22(32)27-13-4-7-18-17(10-13)28(12-19(35-18)21(31)26-9-8-20(29)30)37(33,34)14-5-6-16(25)15(24)11-14/h4-7,10-11,19H,8-9,12H2,1-3H3,(H,26,31)(H,27,32)(H,29,30). The Kier molecular flexibility index (Phi) is 8.18. The quantitative estimate of drug-likeness (QED) is 0.468. The SMILES string of the molecule is CC(C)(C)OC(=O)Nc1ccc2c(c1)N(S(=O)(=O)c1ccc(F)c(Cl)c1)CC(C(=O)NCCC(=O)O)O2. The second kappa shape index (κ2) is 10.8. The van der Waals surface area contributed by atoms with E-state index >= 15 is 0 Å². The smallest absolute Gasteiger partial charge is 0.412 e. The van der Waals surface area contributed by atoms with E-state index in [9.17, 15) is 27.2 Å². The van der Waals surface area contributed by atoms with Crippen LogP contribution in [0, 0.1) is 5.82 Å². The number of aliphatic carboxylic acids is 1. The zero-order chi connectivity index (χ0) is 27.5. The second-order valence-corrected chi connectivity index (χ2v) is 11.2. The summed E-state index contributed by atoms with van der Waals surface area (Å²) >= 11 is 5.80. The summed E-state index contributed by atoms with van der Waals surface area (Å²) in [5, 5.41) is 13.3. The number of nitrogens with one attached hydrogen (secondary N) is 2. The van der Waals surface area contributed by atoms with Gasteiger partial charge in [-0.05, 0) is 57.2 Å². The lowest BCUT2D eigenvalue weighted by Gasteiger charge is -2.35. The van der Waals surface area contributed by atoms with Crippen molar-refractivity contribution in [3.05, 3.63) is 47.2 Å². The summed E-state index contributed by atoms with van der Waals surface area (Å²) in [5.41, 5.74) is -0.610. The first-order valence-corrected chi connectivity index (χ1v) is 12.8. The van der Waals surface area contributed by atoms with Gasteiger partial charge in [-0.15, -0.1) is 0 Å². The molecule has 0 spiro atoms. The molecule has 0 radical (unpaired) electrons. The van der Waals surface area contributed by atoms with E-state index < -0.39 is 57.1 Å². The number of hydrogen-bond donors (Lipinski definition) is 3. The third kappa shape index (κ3) is 7.01. The number of halogens is 2. The van der Waals surface area contributed by atoms with Crippen molar-refractivity contribution in [3.63, 3.8) is 0 Å². The van der Waals surface area contributed by atoms with Gasteiger partial charge in [0.15, 0.2) is 6.10 Å². The number of anilines is 2. The number of sulfonamides is 1. The zero-order valence-electron chi connectivity index (χ0n) is 20.1. The molecule has 0 aliphatic carbocycles. The van der Waals surface area contributed by atoms with Gasteiger partial charge in [-0.3, -0.25) is 19.2 Å². The number of hydrogen-bond acceptors (Lipinski definition) is 7. The summed E-state index contributed by atoms with van der Waals surface area (Å²) in [4.78, 5) is 35.3. The van der Waals surface area contributed by atoms with Gasteiger partial charge in [-0.2, -0.15) is 0 Å². The molecule has 0 aromatic heterocycles. The van der Waals surface area contributed by atoms with Crippen LogP contribution >= 0.6 is 11.6 Å². The number of nitrogens with zero attached hydrogens (tertiary/aromatic N) is 1. The molecule has 1 aliphatic heterocycles. The predicted molar refractivity (Wildman–Crippen MR) is 132 cm³/mol. The zero-order valence-corrected chi connectivity index (χ0v) is 21.7. The van der Waals surface area contributed by atoms with Crippen molar-refractivity contribution in [1.29, 1.82) is 0 Å². The minimum absolute atomic E-state index is 0.00356. The van der Waals surface area contributed by atoms with Gasteiger partial charge in [0.05, 0.1) is 28.6 Å². The van der Waals surface area contributed by atoms with E-state index in [1.165, 1.54) is 18.2 Å². The molecule has 3 N–H and O–H groups in total. The number of carboxylic acids is 1. The number of benzene rings is 2. The number of carbonyl (C=O) groups is 3. The van der Waals surface area contributed by atoms with Gasteiger partial charge in [0.1, 0.15) is 17.2 Å². The number of carbonyl (C=O) groups excluding carboxylic acids is 2. The Labute approximate surface area is 217 Å². The Hall–Kier alpha value is -3.58. The van der Waals surface area contributed by atoms with Gasteiger partial charge >= 0.3 is 12.1 Å². The fourth-order valence-corrected chi connectivity index (χ4v) is 5.03. The van der Waals surface area contributed by atoms with E-state index in [1.807, 2.05) is 0 Å². The van der Waals surface area contributed by atoms with Gasteiger partial charge in [0.2, 0.25) is 0 Å². The molecule has 2 aromatic carbocycles. The Bertz CT molecular complexity index is 1330. The molecule has 0 saturated heterocycles. The average Bonchev–Trinajstić information content (AvgIpc) is 2.78. The molecule has 1 heterocycles. The Morgan fingerprint density at radius 3 is 2.54 bits per heavy atom. The highest BCUT2D eigenvalue weighted by Gasteiger charge is 2.38. The maximum atomic E-state index is 13.7. The van der Waals surface area contributed by atoms with Crippen molar-refractivity contribution >= 4 is 51.0 Å². The molecule has 11 nitrogen and oxygen atoms in total. The summed E-state index contributed by atoms with van der Waals surface area (Å²) in [6, 6.07) is 6.96. The van der Waals surface area contributed by atoms with Crippen LogP contribution < -0.4 is 19.7 Å². The van der Waals surface area contributed by atoms with Crippen molar-refractivity contribution in [1.82, 2.24) is 5.32 Å². The number of fused-ring (bicyclic) bond motifs is 1. The molecule has 0 saturated carbocycles. The fourth-order valence-electron chi connectivity index (χ4n) is 3.29. The highest BCUT2D eigenvalue weighted by molar-refractivity contribution is 7.92. The summed E-state index contributed by atoms with van der Waals surface area (Å²) in [7, 11) is -4.40. The average molecular weight is 558 g/mol. The van der Waals surface area contributed by atoms with Crippen LogP contribution in [0.25, 0.3) is 0 Å². The lowest BCUT2D eigenvalue weighted by Crippen LogP contribution is -2.51. The summed E-state index contributed by atoms with van der Waals surface area (Å²) in [6.45, 7) is 4.34. The highest BCUT2D eigenvalue weighted by atomic mass is 35.5. The van der Waals surface area contributed by atoms with Crippen molar-refractivity contribution in [2.24, 2.45) is 0 Å². The summed E-state index contributed by atoms with van der Waals surface area (Å²) in [5.74, 6) is -2.68. The fraction of sp³-hybridized carbons (Fsp3) is 0.348. The van der Waals surface area contributed by atoms with Crippen LogP contribution in [-0.4, -0.2) is 56.3 Å². The topological polar surface area (TPSA) is 151 Å². The molecule has 2 aromatic rings. The van der Waals surface area contributed by atoms with Crippen LogP contribution in [0.3, 0.4) is 0 Å². The van der Waals surface area contributed by atoms with Crippen LogP contribution in [-0.2, 0) is 24.3 Å². The van der Waals surface area contributed by atoms with Crippen molar-refractivity contribution in [3.8, 4) is 5.75 Å². The van der Waals surface area contributed by atoms with E-state index in [0.717, 1.165) is 22.5 Å². The molecule has 2 amide bonds. The first-order chi connectivity index (χ1) is 17.2. The van der Waals surface area contributed by atoms with Crippen molar-refractivity contribution in [2.75, 3.05) is 22.7 Å². The molecular weight excluding hydrogens is 533 g/mol. The van der Waals surface area contributed by atoms with Crippen molar-refractivity contribution in [2.45, 2.75) is 43.8 Å². The third-order valence-corrected chi connectivity index (χ3v) is 6.95. The van der Waals surface area contributed by atoms with E-state index in [1.54, 1.807) is 20.8 Å². The Morgan fingerprint density at radius 2 is 1.92 bits per heavy atom. The lowest BCUT2D eigenvalue weighted by molar-refractivity contribution is -0.137. The molecule has 3 rings (SSSR count). The van der Waals surface area contributed by atoms with E-state index in [2.05, 4.69) is 10.6 Å². The maximum Gasteiger partial charge on any atom is 0.412 e. The Morgan fingerprint density at radius 1 is 1.22 bits per heavy atom. The van der Waals surface area contributed by atoms with Gasteiger partial charge in [0.25, 0.3) is 15.9 Å². The summed E-state index contributed by atoms with van der Waals surface area (Å²) in [6.07, 6.45) is -2.46. The van der Waals surface area contributed by atoms with Crippen LogP contribution in [0.1, 0.15) is 27.2 Å². The molecule has 1 unspecified atom stereocenters. The second-order valence-electron chi connectivity index (χ2n) is 8.96. The Balaban J connectivity index is 1.99. The van der Waals surface area contributed by atoms with E-state index in [-0.39, 0.29) is 35.0 Å². The van der Waals surface area contributed by atoms with Crippen LogP contribution in [0.15, 0.2) is 41.3 Å². The van der Waals surface area contributed by atoms with Crippen molar-refractivity contribution < 1.29 is 41.8 Å². The minimum Gasteiger partial charge on any atom is -0.481 e. The molecule has 14 heteroatoms. The third-order valence-electron chi connectivity index (χ3n) is 4.88. The normalized spacial score (nSPS) is 15.3. The molecule has 1 aliphatic rings. The maximum absolute atomic E-state index is 13.7. The number of amides is 2. The summed E-state index contributed by atoms with van der Waals surface area (Å²) < 4.78 is 52.6. The largest absolute Gasteiger partial charge is 0.481 e. The lowest BCUT2D eigenvalue weighted by atomic mass is 10.2. The molecular formula is C23H25ClFN3O8S. The van der Waals surface area contributed by atoms with Crippen LogP contribution in [0.5, 0.6) is 5.75 Å². The number of carboxylic acid groups (broad SMARTS) is 1. The molecule has 0 bridgehead atoms. The van der Waals surface area contributed by atoms with Crippen LogP contribution in [0.2, 0.25) is 5.02 Å². The van der Waals surface area contributed by atoms with E-state index in [0.29, 0.717) is 0 Å². The van der Waals surface area contributed by atoms with Gasteiger partial charge < -0.3 is 19.9 Å². The molecule has 200 valence electrons. The van der Waals surface area contributed by atoms with Gasteiger partial charge in [-0.1, -0.05) is 11.6 Å².